The van der Waals surface area contributed by atoms with Crippen LogP contribution in [0.15, 0.2) is 12.1 Å². The summed E-state index contributed by atoms with van der Waals surface area (Å²) in [6.07, 6.45) is 26.6. The van der Waals surface area contributed by atoms with Gasteiger partial charge in [0.25, 0.3) is 0 Å². The van der Waals surface area contributed by atoms with E-state index >= 15 is 0 Å². The largest absolute Gasteiger partial charge is 0.462 e. The Kier molecular flexibility index (Phi) is 24.2. The van der Waals surface area contributed by atoms with Crippen LogP contribution in [0.2, 0.25) is 0 Å². The van der Waals surface area contributed by atoms with Crippen molar-refractivity contribution < 1.29 is 38.1 Å². The number of piperidine rings is 2. The topological polar surface area (TPSA) is 112 Å². The van der Waals surface area contributed by atoms with Crippen LogP contribution in [0.1, 0.15) is 278 Å². The Morgan fingerprint density at radius 3 is 1.05 bits per heavy atom. The number of esters is 4. The molecule has 1 aromatic carbocycles. The minimum atomic E-state index is -0.853. The Bertz CT molecular complexity index is 1610. The number of hydrogen-bond donors (Lipinski definition) is 0. The van der Waals surface area contributed by atoms with Gasteiger partial charge in [0.2, 0.25) is 0 Å². The quantitative estimate of drug-likeness (QED) is 0.0420. The normalized spacial score (nSPS) is 18.5. The van der Waals surface area contributed by atoms with Crippen LogP contribution in [0.25, 0.3) is 0 Å². The van der Waals surface area contributed by atoms with Crippen molar-refractivity contribution in [2.75, 3.05) is 27.3 Å². The van der Waals surface area contributed by atoms with Gasteiger partial charge >= 0.3 is 23.9 Å². The fraction of sp³-hybridized carbons (Fsp3) is 0.821. The molecule has 0 unspecified atom stereocenters. The molecule has 378 valence electrons. The van der Waals surface area contributed by atoms with E-state index in [4.69, 9.17) is 18.9 Å². The maximum absolute atomic E-state index is 14.8. The van der Waals surface area contributed by atoms with Crippen molar-refractivity contribution in [3.05, 3.63) is 34.4 Å². The molecule has 0 spiro atoms. The molecule has 0 radical (unpaired) electrons. The first-order valence-corrected chi connectivity index (χ1v) is 26.6. The molecule has 0 amide bonds. The van der Waals surface area contributed by atoms with Gasteiger partial charge in [0.15, 0.2) is 0 Å². The van der Waals surface area contributed by atoms with E-state index in [0.29, 0.717) is 38.5 Å². The highest BCUT2D eigenvalue weighted by molar-refractivity contribution is 6.15. The summed E-state index contributed by atoms with van der Waals surface area (Å²) >= 11 is 0. The van der Waals surface area contributed by atoms with Gasteiger partial charge in [-0.1, -0.05) is 142 Å². The molecule has 66 heavy (non-hydrogen) atoms. The lowest BCUT2D eigenvalue weighted by atomic mass is 9.78. The number of rotatable bonds is 30. The summed E-state index contributed by atoms with van der Waals surface area (Å²) in [5.41, 5.74) is -1.97. The lowest BCUT2D eigenvalue weighted by Gasteiger charge is -2.53. The van der Waals surface area contributed by atoms with Gasteiger partial charge < -0.3 is 18.9 Å². The van der Waals surface area contributed by atoms with Crippen molar-refractivity contribution in [1.82, 2.24) is 9.80 Å². The predicted octanol–water partition coefficient (Wildman–Crippen LogP) is 14.2. The third kappa shape index (κ3) is 18.2. The Labute approximate surface area is 402 Å². The van der Waals surface area contributed by atoms with Gasteiger partial charge in [-0.05, 0) is 94.5 Å². The highest BCUT2D eigenvalue weighted by Crippen LogP contribution is 2.40. The lowest BCUT2D eigenvalue weighted by Crippen LogP contribution is -2.60. The van der Waals surface area contributed by atoms with Crippen molar-refractivity contribution in [3.8, 4) is 0 Å². The second-order valence-corrected chi connectivity index (χ2v) is 22.5. The first-order chi connectivity index (χ1) is 31.2. The van der Waals surface area contributed by atoms with Gasteiger partial charge in [-0.3, -0.25) is 9.80 Å². The molecule has 2 saturated heterocycles. The highest BCUT2D eigenvalue weighted by atomic mass is 16.6. The van der Waals surface area contributed by atoms with Crippen LogP contribution < -0.4 is 0 Å². The predicted molar refractivity (Wildman–Crippen MR) is 269 cm³/mol. The average Bonchev–Trinajstić information content (AvgIpc) is 3.24. The summed E-state index contributed by atoms with van der Waals surface area (Å²) in [5.74, 6) is -3.18. The first-order valence-electron chi connectivity index (χ1n) is 26.6. The number of carbonyl (C=O) groups is 4. The van der Waals surface area contributed by atoms with Crippen molar-refractivity contribution in [2.45, 2.75) is 271 Å². The highest BCUT2D eigenvalue weighted by Gasteiger charge is 2.47. The minimum absolute atomic E-state index is 0.112. The van der Waals surface area contributed by atoms with Crippen LogP contribution in [0.5, 0.6) is 0 Å². The van der Waals surface area contributed by atoms with E-state index in [-0.39, 0.29) is 57.6 Å². The maximum Gasteiger partial charge on any atom is 0.340 e. The van der Waals surface area contributed by atoms with Crippen molar-refractivity contribution in [1.29, 1.82) is 0 Å². The molecule has 10 heteroatoms. The van der Waals surface area contributed by atoms with Crippen molar-refractivity contribution >= 4 is 23.9 Å². The second-order valence-electron chi connectivity index (χ2n) is 22.5. The SMILES string of the molecule is CCCCCCCCCCCCCOC(=O)c1ccc(C(=O)OC2CC(C)(C)N(C)C(C)(C)C2)c(C(=O)OCCCCCCCCCCCCC)c1C(=O)OC1CC(C)(C)N(C)C(C)(C)C1. The van der Waals surface area contributed by atoms with Crippen LogP contribution in [-0.2, 0) is 18.9 Å². The third-order valence-corrected chi connectivity index (χ3v) is 15.1. The molecule has 2 aliphatic rings. The standard InChI is InChI=1S/C56H96N2O8/c1-13-15-17-19-21-23-25-27-29-31-33-37-63-49(59)45-35-36-46(50(60)65-43-39-53(3,4)57(11)54(5,6)40-43)47(51(61)64-38-34-32-30-28-26-24-22-20-18-16-14-2)48(45)52(62)66-44-41-55(7,8)58(12)56(9,10)42-44/h35-36,43-44H,13-34,37-42H2,1-12H3. The minimum Gasteiger partial charge on any atom is -0.462 e. The number of likely N-dealkylation sites (tertiary alicyclic amines) is 2. The molecule has 0 aromatic heterocycles. The Morgan fingerprint density at radius 1 is 0.424 bits per heavy atom. The van der Waals surface area contributed by atoms with E-state index in [1.807, 2.05) is 0 Å². The molecule has 1 aromatic rings. The van der Waals surface area contributed by atoms with Crippen LogP contribution in [-0.4, -0.2) is 95.3 Å². The molecule has 2 aliphatic heterocycles. The van der Waals surface area contributed by atoms with Crippen LogP contribution in [0.4, 0.5) is 0 Å². The summed E-state index contributed by atoms with van der Waals surface area (Å²) in [5, 5.41) is 0. The van der Waals surface area contributed by atoms with Crippen LogP contribution in [0, 0.1) is 0 Å². The number of carbonyl (C=O) groups excluding carboxylic acids is 4. The van der Waals surface area contributed by atoms with E-state index in [0.717, 1.165) is 38.5 Å². The smallest absolute Gasteiger partial charge is 0.340 e. The molecule has 3 rings (SSSR count). The molecule has 0 aliphatic carbocycles. The Hall–Kier alpha value is -2.98. The summed E-state index contributed by atoms with van der Waals surface area (Å²) in [7, 11) is 4.16. The van der Waals surface area contributed by atoms with E-state index in [9.17, 15) is 19.2 Å². The summed E-state index contributed by atoms with van der Waals surface area (Å²) in [4.78, 5) is 62.4. The molecular formula is C56H96N2O8. The molecule has 2 heterocycles. The molecule has 0 bridgehead atoms. The third-order valence-electron chi connectivity index (χ3n) is 15.1. The van der Waals surface area contributed by atoms with Crippen LogP contribution in [0.3, 0.4) is 0 Å². The fourth-order valence-corrected chi connectivity index (χ4v) is 10.5. The average molecular weight is 925 g/mol. The summed E-state index contributed by atoms with van der Waals surface area (Å²) in [6.45, 7) is 21.7. The number of nitrogens with zero attached hydrogens (tertiary/aromatic N) is 2. The van der Waals surface area contributed by atoms with Gasteiger partial charge in [0, 0.05) is 47.8 Å². The maximum atomic E-state index is 14.8. The fourth-order valence-electron chi connectivity index (χ4n) is 10.5. The Morgan fingerprint density at radius 2 is 0.697 bits per heavy atom. The van der Waals surface area contributed by atoms with E-state index in [1.54, 1.807) is 0 Å². The molecule has 0 N–H and O–H groups in total. The van der Waals surface area contributed by atoms with Crippen molar-refractivity contribution in [2.24, 2.45) is 0 Å². The molecular weight excluding hydrogens is 829 g/mol. The van der Waals surface area contributed by atoms with Gasteiger partial charge in [-0.25, -0.2) is 19.2 Å². The number of benzene rings is 1. The Balaban J connectivity index is 1.89. The summed E-state index contributed by atoms with van der Waals surface area (Å²) < 4.78 is 24.3. The van der Waals surface area contributed by atoms with E-state index in [1.165, 1.54) is 102 Å². The number of hydrogen-bond acceptors (Lipinski definition) is 10. The monoisotopic (exact) mass is 925 g/mol. The molecule has 0 atom stereocenters. The van der Waals surface area contributed by atoms with Gasteiger partial charge in [0.05, 0.1) is 35.5 Å². The zero-order valence-electron chi connectivity index (χ0n) is 44.3. The number of ether oxygens (including phenoxy) is 4. The second kappa shape index (κ2) is 27.9. The van der Waals surface area contributed by atoms with E-state index in [2.05, 4.69) is 93.1 Å². The number of unbranched alkanes of at least 4 members (excludes halogenated alkanes) is 20. The molecule has 10 nitrogen and oxygen atoms in total. The zero-order valence-corrected chi connectivity index (χ0v) is 44.3. The molecule has 0 saturated carbocycles. The van der Waals surface area contributed by atoms with Crippen LogP contribution >= 0.6 is 0 Å². The first kappa shape index (κ1) is 57.3. The van der Waals surface area contributed by atoms with Gasteiger partial charge in [-0.2, -0.15) is 0 Å². The lowest BCUT2D eigenvalue weighted by molar-refractivity contribution is -0.0737. The van der Waals surface area contributed by atoms with Crippen molar-refractivity contribution in [3.63, 3.8) is 0 Å². The summed E-state index contributed by atoms with van der Waals surface area (Å²) in [6, 6.07) is 2.84. The van der Waals surface area contributed by atoms with E-state index < -0.39 is 36.1 Å². The zero-order chi connectivity index (χ0) is 49.0. The molecule has 2 fully saturated rings. The van der Waals surface area contributed by atoms with Gasteiger partial charge in [-0.15, -0.1) is 0 Å². The van der Waals surface area contributed by atoms with Gasteiger partial charge in [0.1, 0.15) is 12.2 Å².